The van der Waals surface area contributed by atoms with Crippen LogP contribution in [-0.2, 0) is 16.1 Å². The molecule has 1 fully saturated rings. The number of nitrogens with zero attached hydrogens (tertiary/aromatic N) is 2. The van der Waals surface area contributed by atoms with Crippen LogP contribution >= 0.6 is 11.8 Å². The third kappa shape index (κ3) is 4.86. The number of imide groups is 1. The molecule has 0 spiro atoms. The van der Waals surface area contributed by atoms with Crippen molar-refractivity contribution in [1.29, 1.82) is 0 Å². The van der Waals surface area contributed by atoms with E-state index >= 15 is 0 Å². The Hall–Kier alpha value is -2.39. The van der Waals surface area contributed by atoms with Crippen molar-refractivity contribution in [2.24, 2.45) is 0 Å². The van der Waals surface area contributed by atoms with Crippen molar-refractivity contribution in [3.8, 4) is 0 Å². The molecule has 1 aromatic heterocycles. The number of thioether (sulfide) groups is 1. The summed E-state index contributed by atoms with van der Waals surface area (Å²) < 4.78 is 7.23. The quantitative estimate of drug-likeness (QED) is 0.573. The molecule has 1 atom stereocenters. The lowest BCUT2D eigenvalue weighted by molar-refractivity contribution is -0.117. The summed E-state index contributed by atoms with van der Waals surface area (Å²) in [5.41, 5.74) is 0.431. The van der Waals surface area contributed by atoms with Crippen LogP contribution in [0.1, 0.15) is 19.8 Å². The smallest absolute Gasteiger partial charge is 0.321 e. The molecule has 1 aliphatic heterocycles. The third-order valence-corrected chi connectivity index (χ3v) is 5.14. The first kappa shape index (κ1) is 19.4. The standard InChI is InChI=1S/C18H22N4O4S/c1-2-19-17(25)21-15(23)11-27-18-20-14-8-4-3-7-13(14)16(24)22(18)10-12-6-5-9-26-12/h3-4,7-8,12H,2,5-6,9-11H2,1H3,(H2,19,21,23,25). The molecule has 0 aliphatic carbocycles. The van der Waals surface area contributed by atoms with Gasteiger partial charge < -0.3 is 10.1 Å². The minimum absolute atomic E-state index is 0.0204. The van der Waals surface area contributed by atoms with Crippen LogP contribution in [0.15, 0.2) is 34.2 Å². The minimum atomic E-state index is -0.536. The van der Waals surface area contributed by atoms with Gasteiger partial charge in [-0.3, -0.25) is 19.5 Å². The average Bonchev–Trinajstić information content (AvgIpc) is 3.16. The molecule has 27 heavy (non-hydrogen) atoms. The number of nitrogens with one attached hydrogen (secondary N) is 2. The van der Waals surface area contributed by atoms with Gasteiger partial charge in [-0.2, -0.15) is 0 Å². The molecule has 0 radical (unpaired) electrons. The Kier molecular flexibility index (Phi) is 6.46. The number of fused-ring (bicyclic) bond motifs is 1. The van der Waals surface area contributed by atoms with Crippen molar-refractivity contribution in [2.75, 3.05) is 18.9 Å². The van der Waals surface area contributed by atoms with E-state index < -0.39 is 11.9 Å². The summed E-state index contributed by atoms with van der Waals surface area (Å²) in [6, 6.07) is 6.59. The first-order valence-electron chi connectivity index (χ1n) is 8.90. The number of hydrogen-bond donors (Lipinski definition) is 2. The predicted molar refractivity (Wildman–Crippen MR) is 103 cm³/mol. The molecule has 2 heterocycles. The van der Waals surface area contributed by atoms with E-state index in [1.54, 1.807) is 29.7 Å². The highest BCUT2D eigenvalue weighted by molar-refractivity contribution is 7.99. The summed E-state index contributed by atoms with van der Waals surface area (Å²) in [5.74, 6) is -0.468. The number of carbonyl (C=O) groups is 2. The maximum atomic E-state index is 12.9. The van der Waals surface area contributed by atoms with Gasteiger partial charge in [0.25, 0.3) is 5.56 Å². The largest absolute Gasteiger partial charge is 0.376 e. The molecule has 3 amide bonds. The van der Waals surface area contributed by atoms with Gasteiger partial charge in [0.05, 0.1) is 29.3 Å². The summed E-state index contributed by atoms with van der Waals surface area (Å²) in [5, 5.41) is 5.72. The second-order valence-electron chi connectivity index (χ2n) is 6.16. The van der Waals surface area contributed by atoms with Gasteiger partial charge in [0, 0.05) is 13.2 Å². The molecular formula is C18H22N4O4S. The van der Waals surface area contributed by atoms with Crippen LogP contribution in [0.3, 0.4) is 0 Å². The van der Waals surface area contributed by atoms with Crippen LogP contribution in [0.5, 0.6) is 0 Å². The van der Waals surface area contributed by atoms with Crippen molar-refractivity contribution < 1.29 is 14.3 Å². The Balaban J connectivity index is 1.82. The van der Waals surface area contributed by atoms with Crippen LogP contribution in [0, 0.1) is 0 Å². The first-order valence-corrected chi connectivity index (χ1v) is 9.88. The average molecular weight is 390 g/mol. The van der Waals surface area contributed by atoms with Gasteiger partial charge in [0.1, 0.15) is 0 Å². The first-order chi connectivity index (χ1) is 13.1. The van der Waals surface area contributed by atoms with Gasteiger partial charge >= 0.3 is 6.03 Å². The van der Waals surface area contributed by atoms with Gasteiger partial charge in [-0.1, -0.05) is 23.9 Å². The normalized spacial score (nSPS) is 16.4. The van der Waals surface area contributed by atoms with Gasteiger partial charge in [-0.15, -0.1) is 0 Å². The van der Waals surface area contributed by atoms with Crippen molar-refractivity contribution >= 4 is 34.6 Å². The molecule has 1 aromatic carbocycles. The van der Waals surface area contributed by atoms with E-state index in [9.17, 15) is 14.4 Å². The van der Waals surface area contributed by atoms with E-state index in [1.807, 2.05) is 6.07 Å². The molecule has 144 valence electrons. The Labute approximate surface area is 160 Å². The van der Waals surface area contributed by atoms with E-state index in [0.29, 0.717) is 35.8 Å². The summed E-state index contributed by atoms with van der Waals surface area (Å²) >= 11 is 1.13. The maximum absolute atomic E-state index is 12.9. The van der Waals surface area contributed by atoms with Crippen LogP contribution in [0.25, 0.3) is 10.9 Å². The number of amides is 3. The molecular weight excluding hydrogens is 368 g/mol. The molecule has 2 N–H and O–H groups in total. The monoisotopic (exact) mass is 390 g/mol. The molecule has 1 unspecified atom stereocenters. The number of aromatic nitrogens is 2. The third-order valence-electron chi connectivity index (χ3n) is 4.16. The van der Waals surface area contributed by atoms with Crippen LogP contribution in [0.2, 0.25) is 0 Å². The van der Waals surface area contributed by atoms with Crippen molar-refractivity contribution in [1.82, 2.24) is 20.2 Å². The van der Waals surface area contributed by atoms with Gasteiger partial charge in [0.2, 0.25) is 5.91 Å². The fourth-order valence-corrected chi connectivity index (χ4v) is 3.72. The number of urea groups is 1. The highest BCUT2D eigenvalue weighted by Gasteiger charge is 2.20. The Morgan fingerprint density at radius 1 is 1.37 bits per heavy atom. The van der Waals surface area contributed by atoms with Crippen LogP contribution in [0.4, 0.5) is 4.79 Å². The van der Waals surface area contributed by atoms with E-state index in [0.717, 1.165) is 24.6 Å². The zero-order valence-electron chi connectivity index (χ0n) is 15.1. The summed E-state index contributed by atoms with van der Waals surface area (Å²) in [4.78, 5) is 40.9. The van der Waals surface area contributed by atoms with E-state index in [1.165, 1.54) is 0 Å². The fourth-order valence-electron chi connectivity index (χ4n) is 2.91. The summed E-state index contributed by atoms with van der Waals surface area (Å²) in [7, 11) is 0. The number of ether oxygens (including phenoxy) is 1. The second-order valence-corrected chi connectivity index (χ2v) is 7.10. The van der Waals surface area contributed by atoms with E-state index in [-0.39, 0.29) is 17.4 Å². The highest BCUT2D eigenvalue weighted by Crippen LogP contribution is 2.20. The molecule has 0 saturated carbocycles. The molecule has 8 nitrogen and oxygen atoms in total. The van der Waals surface area contributed by atoms with E-state index in [4.69, 9.17) is 4.74 Å². The molecule has 9 heteroatoms. The van der Waals surface area contributed by atoms with Crippen molar-refractivity contribution in [3.63, 3.8) is 0 Å². The topological polar surface area (TPSA) is 102 Å². The Morgan fingerprint density at radius 3 is 2.93 bits per heavy atom. The predicted octanol–water partition coefficient (Wildman–Crippen LogP) is 1.51. The Bertz CT molecular complexity index is 893. The maximum Gasteiger partial charge on any atom is 0.321 e. The lowest BCUT2D eigenvalue weighted by atomic mass is 10.2. The van der Waals surface area contributed by atoms with Crippen LogP contribution in [-0.4, -0.2) is 46.5 Å². The summed E-state index contributed by atoms with van der Waals surface area (Å²) in [6.07, 6.45) is 1.83. The van der Waals surface area contributed by atoms with Gasteiger partial charge in [0.15, 0.2) is 5.16 Å². The van der Waals surface area contributed by atoms with Gasteiger partial charge in [-0.05, 0) is 31.9 Å². The van der Waals surface area contributed by atoms with Crippen molar-refractivity contribution in [3.05, 3.63) is 34.6 Å². The number of hydrogen-bond acceptors (Lipinski definition) is 6. The number of carbonyl (C=O) groups excluding carboxylic acids is 2. The minimum Gasteiger partial charge on any atom is -0.376 e. The zero-order valence-corrected chi connectivity index (χ0v) is 15.9. The number of rotatable bonds is 6. The van der Waals surface area contributed by atoms with Crippen LogP contribution < -0.4 is 16.2 Å². The second kappa shape index (κ2) is 9.01. The number of benzene rings is 1. The van der Waals surface area contributed by atoms with Crippen molar-refractivity contribution in [2.45, 2.75) is 37.6 Å². The SMILES string of the molecule is CCNC(=O)NC(=O)CSc1nc2ccccc2c(=O)n1CC1CCCO1. The molecule has 1 aliphatic rings. The number of para-hydroxylation sites is 1. The Morgan fingerprint density at radius 2 is 2.19 bits per heavy atom. The highest BCUT2D eigenvalue weighted by atomic mass is 32.2. The van der Waals surface area contributed by atoms with E-state index in [2.05, 4.69) is 15.6 Å². The molecule has 1 saturated heterocycles. The molecule has 2 aromatic rings. The summed E-state index contributed by atoms with van der Waals surface area (Å²) in [6.45, 7) is 3.29. The van der Waals surface area contributed by atoms with Gasteiger partial charge in [-0.25, -0.2) is 9.78 Å². The molecule has 0 bridgehead atoms. The molecule has 3 rings (SSSR count). The zero-order chi connectivity index (χ0) is 19.2. The lowest BCUT2D eigenvalue weighted by Crippen LogP contribution is -2.40. The lowest BCUT2D eigenvalue weighted by Gasteiger charge is -2.16. The fraction of sp³-hybridized carbons (Fsp3) is 0.444.